The average Bonchev–Trinajstić information content (AvgIpc) is 2.44. The number of imide groups is 1. The van der Waals surface area contributed by atoms with Crippen LogP contribution in [-0.2, 0) is 9.59 Å². The van der Waals surface area contributed by atoms with Crippen molar-refractivity contribution in [1.82, 2.24) is 10.6 Å². The zero-order valence-electron chi connectivity index (χ0n) is 8.17. The summed E-state index contributed by atoms with van der Waals surface area (Å²) in [6, 6.07) is -0.572. The van der Waals surface area contributed by atoms with Crippen LogP contribution in [0.5, 0.6) is 0 Å². The molecule has 0 aromatic carbocycles. The first kappa shape index (κ1) is 10.7. The van der Waals surface area contributed by atoms with Gasteiger partial charge in [0.1, 0.15) is 0 Å². The van der Waals surface area contributed by atoms with Crippen LogP contribution in [-0.4, -0.2) is 23.9 Å². The smallest absolute Gasteiger partial charge is 0.244 e. The van der Waals surface area contributed by atoms with E-state index in [0.29, 0.717) is 0 Å². The maximum atomic E-state index is 11.2. The summed E-state index contributed by atoms with van der Waals surface area (Å²) in [5.74, 6) is 2.05. The van der Waals surface area contributed by atoms with Gasteiger partial charge in [0.05, 0.1) is 18.5 Å². The summed E-state index contributed by atoms with van der Waals surface area (Å²) < 4.78 is 0. The summed E-state index contributed by atoms with van der Waals surface area (Å²) in [4.78, 5) is 22.0. The van der Waals surface area contributed by atoms with E-state index < -0.39 is 6.04 Å². The predicted octanol–water partition coefficient (Wildman–Crippen LogP) is -0.207. The van der Waals surface area contributed by atoms with Gasteiger partial charge in [0.15, 0.2) is 0 Å². The summed E-state index contributed by atoms with van der Waals surface area (Å²) in [6.45, 7) is 2.02. The molecule has 1 saturated heterocycles. The van der Waals surface area contributed by atoms with Gasteiger partial charge in [-0.25, -0.2) is 0 Å². The first-order valence-electron chi connectivity index (χ1n) is 4.73. The van der Waals surface area contributed by atoms with Crippen molar-refractivity contribution in [2.24, 2.45) is 0 Å². The summed E-state index contributed by atoms with van der Waals surface area (Å²) in [6.07, 6.45) is 7.25. The Kier molecular flexibility index (Phi) is 3.66. The summed E-state index contributed by atoms with van der Waals surface area (Å²) in [5, 5.41) is 5.21. The predicted molar refractivity (Wildman–Crippen MR) is 52.2 cm³/mol. The molecule has 0 saturated carbocycles. The van der Waals surface area contributed by atoms with Gasteiger partial charge in [-0.15, -0.1) is 6.42 Å². The Morgan fingerprint density at radius 2 is 2.43 bits per heavy atom. The zero-order chi connectivity index (χ0) is 10.6. The number of rotatable bonds is 4. The quantitative estimate of drug-likeness (QED) is 0.481. The van der Waals surface area contributed by atoms with E-state index in [1.807, 2.05) is 6.92 Å². The maximum absolute atomic E-state index is 11.2. The van der Waals surface area contributed by atoms with Crippen molar-refractivity contribution in [2.75, 3.05) is 0 Å². The molecule has 0 spiro atoms. The van der Waals surface area contributed by atoms with E-state index in [1.54, 1.807) is 0 Å². The fourth-order valence-corrected chi connectivity index (χ4v) is 1.43. The zero-order valence-corrected chi connectivity index (χ0v) is 8.17. The Hall–Kier alpha value is -1.34. The van der Waals surface area contributed by atoms with E-state index in [0.717, 1.165) is 12.8 Å². The average molecular weight is 194 g/mol. The third-order valence-electron chi connectivity index (χ3n) is 2.15. The van der Waals surface area contributed by atoms with Crippen molar-refractivity contribution >= 4 is 11.8 Å². The normalized spacial score (nSPS) is 23.0. The van der Waals surface area contributed by atoms with Crippen LogP contribution in [0, 0.1) is 12.3 Å². The molecule has 2 atom stereocenters. The highest BCUT2D eigenvalue weighted by atomic mass is 16.2. The number of amides is 2. The number of carbonyl (C=O) groups is 2. The second-order valence-corrected chi connectivity index (χ2v) is 3.34. The van der Waals surface area contributed by atoms with Crippen LogP contribution in [0.2, 0.25) is 0 Å². The van der Waals surface area contributed by atoms with Crippen molar-refractivity contribution in [3.8, 4) is 12.3 Å². The van der Waals surface area contributed by atoms with Crippen LogP contribution in [0.4, 0.5) is 0 Å². The van der Waals surface area contributed by atoms with E-state index in [1.165, 1.54) is 0 Å². The van der Waals surface area contributed by atoms with E-state index >= 15 is 0 Å². The van der Waals surface area contributed by atoms with Gasteiger partial charge in [0, 0.05) is 0 Å². The van der Waals surface area contributed by atoms with Gasteiger partial charge in [0.25, 0.3) is 0 Å². The molecule has 1 fully saturated rings. The number of nitrogens with one attached hydrogen (secondary N) is 2. The van der Waals surface area contributed by atoms with E-state index in [2.05, 4.69) is 16.6 Å². The Labute approximate surface area is 83.4 Å². The molecule has 1 heterocycles. The van der Waals surface area contributed by atoms with Crippen LogP contribution < -0.4 is 10.6 Å². The van der Waals surface area contributed by atoms with E-state index in [-0.39, 0.29) is 24.3 Å². The minimum absolute atomic E-state index is 0.123. The lowest BCUT2D eigenvalue weighted by Gasteiger charge is -2.15. The molecule has 0 aromatic rings. The molecule has 1 aliphatic heterocycles. The van der Waals surface area contributed by atoms with Gasteiger partial charge >= 0.3 is 0 Å². The number of hydrogen-bond acceptors (Lipinski definition) is 3. The van der Waals surface area contributed by atoms with Crippen LogP contribution in [0.3, 0.4) is 0 Å². The number of carbonyl (C=O) groups excluding carboxylic acids is 2. The fourth-order valence-electron chi connectivity index (χ4n) is 1.43. The molecule has 0 aromatic heterocycles. The van der Waals surface area contributed by atoms with Crippen LogP contribution >= 0.6 is 0 Å². The standard InChI is InChI=1S/C10H14N2O2/c1-3-5-7(4-2)11-8-6-9(13)12-10(8)14/h2,7-8,11H,3,5-6H2,1H3,(H,12,13,14). The topological polar surface area (TPSA) is 58.2 Å². The van der Waals surface area contributed by atoms with Gasteiger partial charge < -0.3 is 0 Å². The lowest BCUT2D eigenvalue weighted by molar-refractivity contribution is -0.125. The second kappa shape index (κ2) is 4.77. The van der Waals surface area contributed by atoms with Gasteiger partial charge in [-0.3, -0.25) is 20.2 Å². The van der Waals surface area contributed by atoms with Gasteiger partial charge in [-0.2, -0.15) is 0 Å². The third kappa shape index (κ3) is 2.57. The molecule has 2 amide bonds. The molecule has 14 heavy (non-hydrogen) atoms. The van der Waals surface area contributed by atoms with Crippen LogP contribution in [0.25, 0.3) is 0 Å². The first-order chi connectivity index (χ1) is 6.67. The highest BCUT2D eigenvalue weighted by Gasteiger charge is 2.31. The molecule has 0 aliphatic carbocycles. The molecule has 4 nitrogen and oxygen atoms in total. The summed E-state index contributed by atoms with van der Waals surface area (Å²) in [5.41, 5.74) is 0. The SMILES string of the molecule is C#CC(CCC)NC1CC(=O)NC1=O. The molecule has 76 valence electrons. The molecule has 0 bridgehead atoms. The lowest BCUT2D eigenvalue weighted by Crippen LogP contribution is -2.42. The molecule has 0 radical (unpaired) electrons. The Balaban J connectivity index is 2.47. The molecule has 1 aliphatic rings. The molecule has 2 N–H and O–H groups in total. The van der Waals surface area contributed by atoms with Crippen LogP contribution in [0.1, 0.15) is 26.2 Å². The number of terminal acetylenes is 1. The van der Waals surface area contributed by atoms with Crippen molar-refractivity contribution in [3.63, 3.8) is 0 Å². The van der Waals surface area contributed by atoms with Crippen LogP contribution in [0.15, 0.2) is 0 Å². The molecule has 2 unspecified atom stereocenters. The first-order valence-corrected chi connectivity index (χ1v) is 4.73. The summed E-state index contributed by atoms with van der Waals surface area (Å²) >= 11 is 0. The monoisotopic (exact) mass is 194 g/mol. The Morgan fingerprint density at radius 3 is 2.86 bits per heavy atom. The molecular formula is C10H14N2O2. The van der Waals surface area contributed by atoms with Gasteiger partial charge in [-0.1, -0.05) is 19.3 Å². The third-order valence-corrected chi connectivity index (χ3v) is 2.15. The van der Waals surface area contributed by atoms with E-state index in [9.17, 15) is 9.59 Å². The minimum Gasteiger partial charge on any atom is -0.295 e. The largest absolute Gasteiger partial charge is 0.295 e. The Morgan fingerprint density at radius 1 is 1.71 bits per heavy atom. The Bertz CT molecular complexity index is 280. The minimum atomic E-state index is -0.449. The van der Waals surface area contributed by atoms with E-state index in [4.69, 9.17) is 6.42 Å². The number of hydrogen-bond donors (Lipinski definition) is 2. The molecule has 4 heteroatoms. The van der Waals surface area contributed by atoms with Crippen molar-refractivity contribution < 1.29 is 9.59 Å². The molecular weight excluding hydrogens is 180 g/mol. The highest BCUT2D eigenvalue weighted by molar-refractivity contribution is 6.05. The second-order valence-electron chi connectivity index (χ2n) is 3.34. The molecule has 1 rings (SSSR count). The highest BCUT2D eigenvalue weighted by Crippen LogP contribution is 2.04. The lowest BCUT2D eigenvalue weighted by atomic mass is 10.1. The fraction of sp³-hybridized carbons (Fsp3) is 0.600. The van der Waals surface area contributed by atoms with Gasteiger partial charge in [0.2, 0.25) is 11.8 Å². The van der Waals surface area contributed by atoms with Gasteiger partial charge in [-0.05, 0) is 6.42 Å². The maximum Gasteiger partial charge on any atom is 0.244 e. The van der Waals surface area contributed by atoms with Crippen molar-refractivity contribution in [1.29, 1.82) is 0 Å². The van der Waals surface area contributed by atoms with Crippen molar-refractivity contribution in [2.45, 2.75) is 38.3 Å². The summed E-state index contributed by atoms with van der Waals surface area (Å²) in [7, 11) is 0. The van der Waals surface area contributed by atoms with Crippen molar-refractivity contribution in [3.05, 3.63) is 0 Å².